The van der Waals surface area contributed by atoms with E-state index in [1.807, 2.05) is 25.4 Å². The minimum Gasteiger partial charge on any atom is -0.369 e. The molecule has 0 bridgehead atoms. The molecule has 6 nitrogen and oxygen atoms in total. The second-order valence-electron chi connectivity index (χ2n) is 8.00. The van der Waals surface area contributed by atoms with Gasteiger partial charge in [-0.1, -0.05) is 0 Å². The maximum Gasteiger partial charge on any atom is 0.139 e. The molecule has 1 saturated heterocycles. The molecule has 5 rings (SSSR count). The van der Waals surface area contributed by atoms with E-state index < -0.39 is 0 Å². The van der Waals surface area contributed by atoms with Gasteiger partial charge < -0.3 is 9.80 Å². The van der Waals surface area contributed by atoms with Crippen LogP contribution in [0.3, 0.4) is 0 Å². The SMILES string of the molecule is CN(C)c1ncnc2ccc(N3CCN(Cc4cnc(C5CC5)s4)CC3)cc12. The zero-order valence-corrected chi connectivity index (χ0v) is 17.3. The van der Waals surface area contributed by atoms with Crippen molar-refractivity contribution in [2.75, 3.05) is 50.1 Å². The van der Waals surface area contributed by atoms with Crippen molar-refractivity contribution < 1.29 is 0 Å². The Morgan fingerprint density at radius 3 is 2.64 bits per heavy atom. The smallest absolute Gasteiger partial charge is 0.139 e. The number of hydrogen-bond acceptors (Lipinski definition) is 7. The lowest BCUT2D eigenvalue weighted by atomic mass is 10.1. The number of piperazine rings is 1. The van der Waals surface area contributed by atoms with Crippen LogP contribution in [0.15, 0.2) is 30.7 Å². The van der Waals surface area contributed by atoms with E-state index in [2.05, 4.69) is 54.0 Å². The molecule has 1 aromatic carbocycles. The van der Waals surface area contributed by atoms with Crippen LogP contribution in [0.25, 0.3) is 10.9 Å². The highest BCUT2D eigenvalue weighted by Gasteiger charge is 2.27. The zero-order valence-electron chi connectivity index (χ0n) is 16.5. The molecular weight excluding hydrogens is 368 g/mol. The number of nitrogens with zero attached hydrogens (tertiary/aromatic N) is 6. The zero-order chi connectivity index (χ0) is 19.1. The van der Waals surface area contributed by atoms with Crippen LogP contribution in [-0.4, -0.2) is 60.1 Å². The summed E-state index contributed by atoms with van der Waals surface area (Å²) in [4.78, 5) is 22.0. The van der Waals surface area contributed by atoms with Crippen molar-refractivity contribution in [2.45, 2.75) is 25.3 Å². The number of aromatic nitrogens is 3. The van der Waals surface area contributed by atoms with Gasteiger partial charge in [-0.05, 0) is 31.0 Å². The third-order valence-corrected chi connectivity index (χ3v) is 6.78. The molecule has 3 heterocycles. The van der Waals surface area contributed by atoms with Gasteiger partial charge in [-0.3, -0.25) is 4.90 Å². The monoisotopic (exact) mass is 394 g/mol. The summed E-state index contributed by atoms with van der Waals surface area (Å²) in [6, 6.07) is 6.55. The van der Waals surface area contributed by atoms with Gasteiger partial charge in [0, 0.05) is 74.9 Å². The molecule has 0 atom stereocenters. The third-order valence-electron chi connectivity index (χ3n) is 5.64. The Hall–Kier alpha value is -2.25. The fourth-order valence-corrected chi connectivity index (χ4v) is 5.01. The summed E-state index contributed by atoms with van der Waals surface area (Å²) >= 11 is 1.92. The van der Waals surface area contributed by atoms with Crippen LogP contribution in [-0.2, 0) is 6.54 Å². The van der Waals surface area contributed by atoms with E-state index in [9.17, 15) is 0 Å². The standard InChI is InChI=1S/C21H26N6S/c1-25(2)20-18-11-16(5-6-19(18)23-14-24-20)27-9-7-26(8-10-27)13-17-12-22-21(28-17)15-3-4-15/h5-6,11-12,14-15H,3-4,7-10,13H2,1-2H3. The van der Waals surface area contributed by atoms with Gasteiger partial charge in [0.05, 0.1) is 10.5 Å². The molecule has 28 heavy (non-hydrogen) atoms. The molecule has 1 aliphatic carbocycles. The van der Waals surface area contributed by atoms with Crippen LogP contribution in [0.5, 0.6) is 0 Å². The first kappa shape index (κ1) is 17.8. The maximum absolute atomic E-state index is 4.62. The average molecular weight is 395 g/mol. The summed E-state index contributed by atoms with van der Waals surface area (Å²) in [7, 11) is 4.06. The first-order chi connectivity index (χ1) is 13.7. The lowest BCUT2D eigenvalue weighted by molar-refractivity contribution is 0.252. The molecule has 0 amide bonds. The molecular formula is C21H26N6S. The quantitative estimate of drug-likeness (QED) is 0.661. The molecule has 146 valence electrons. The molecule has 0 spiro atoms. The Bertz CT molecular complexity index is 972. The van der Waals surface area contributed by atoms with Crippen molar-refractivity contribution in [1.29, 1.82) is 0 Å². The molecule has 2 aliphatic rings. The predicted molar refractivity (Wildman–Crippen MR) is 115 cm³/mol. The van der Waals surface area contributed by atoms with Crippen LogP contribution >= 0.6 is 11.3 Å². The predicted octanol–water partition coefficient (Wildman–Crippen LogP) is 3.35. The molecule has 7 heteroatoms. The highest BCUT2D eigenvalue weighted by Crippen LogP contribution is 2.41. The molecule has 1 aliphatic heterocycles. The van der Waals surface area contributed by atoms with Crippen LogP contribution in [0.1, 0.15) is 28.6 Å². The maximum atomic E-state index is 4.62. The first-order valence-corrected chi connectivity index (χ1v) is 10.8. The van der Waals surface area contributed by atoms with Crippen molar-refractivity contribution in [1.82, 2.24) is 19.9 Å². The van der Waals surface area contributed by atoms with Crippen molar-refractivity contribution in [3.05, 3.63) is 40.6 Å². The van der Waals surface area contributed by atoms with Gasteiger partial charge in [0.1, 0.15) is 12.1 Å². The fourth-order valence-electron chi connectivity index (χ4n) is 3.88. The van der Waals surface area contributed by atoms with Gasteiger partial charge in [-0.25, -0.2) is 15.0 Å². The lowest BCUT2D eigenvalue weighted by Gasteiger charge is -2.36. The van der Waals surface area contributed by atoms with Gasteiger partial charge in [0.15, 0.2) is 0 Å². The van der Waals surface area contributed by atoms with Crippen molar-refractivity contribution in [3.8, 4) is 0 Å². The number of rotatable bonds is 5. The largest absolute Gasteiger partial charge is 0.369 e. The lowest BCUT2D eigenvalue weighted by Crippen LogP contribution is -2.45. The Kier molecular flexibility index (Phi) is 4.64. The van der Waals surface area contributed by atoms with E-state index in [0.717, 1.165) is 55.4 Å². The van der Waals surface area contributed by atoms with Crippen LogP contribution in [0, 0.1) is 0 Å². The normalized spacial score (nSPS) is 18.0. The fraction of sp³-hybridized carbons (Fsp3) is 0.476. The molecule has 2 aromatic heterocycles. The number of anilines is 2. The van der Waals surface area contributed by atoms with Gasteiger partial charge >= 0.3 is 0 Å². The summed E-state index contributed by atoms with van der Waals surface area (Å²) in [6.07, 6.45) is 6.40. The topological polar surface area (TPSA) is 48.4 Å². The van der Waals surface area contributed by atoms with E-state index in [1.165, 1.54) is 28.4 Å². The minimum absolute atomic E-state index is 0.763. The van der Waals surface area contributed by atoms with E-state index in [1.54, 1.807) is 6.33 Å². The Morgan fingerprint density at radius 2 is 1.89 bits per heavy atom. The summed E-state index contributed by atoms with van der Waals surface area (Å²) in [5, 5.41) is 2.47. The minimum atomic E-state index is 0.763. The molecule has 1 saturated carbocycles. The molecule has 0 unspecified atom stereocenters. The number of thiazole rings is 1. The third kappa shape index (κ3) is 3.56. The van der Waals surface area contributed by atoms with Gasteiger partial charge in [-0.15, -0.1) is 11.3 Å². The van der Waals surface area contributed by atoms with Crippen LogP contribution in [0.4, 0.5) is 11.5 Å². The molecule has 0 radical (unpaired) electrons. The van der Waals surface area contributed by atoms with Crippen LogP contribution < -0.4 is 9.80 Å². The summed E-state index contributed by atoms with van der Waals surface area (Å²) in [5.41, 5.74) is 2.26. The first-order valence-electron chi connectivity index (χ1n) is 10.0. The van der Waals surface area contributed by atoms with E-state index in [0.29, 0.717) is 0 Å². The Morgan fingerprint density at radius 1 is 1.07 bits per heavy atom. The van der Waals surface area contributed by atoms with E-state index in [-0.39, 0.29) is 0 Å². The van der Waals surface area contributed by atoms with E-state index in [4.69, 9.17) is 0 Å². The summed E-state index contributed by atoms with van der Waals surface area (Å²) in [5.74, 6) is 1.74. The van der Waals surface area contributed by atoms with Crippen molar-refractivity contribution in [2.24, 2.45) is 0 Å². The van der Waals surface area contributed by atoms with Crippen molar-refractivity contribution >= 4 is 33.7 Å². The average Bonchev–Trinajstić information content (AvgIpc) is 3.47. The summed E-state index contributed by atoms with van der Waals surface area (Å²) < 4.78 is 0. The van der Waals surface area contributed by atoms with Gasteiger partial charge in [-0.2, -0.15) is 0 Å². The Labute approximate surface area is 169 Å². The molecule has 2 fully saturated rings. The van der Waals surface area contributed by atoms with E-state index >= 15 is 0 Å². The highest BCUT2D eigenvalue weighted by molar-refractivity contribution is 7.11. The highest BCUT2D eigenvalue weighted by atomic mass is 32.1. The van der Waals surface area contributed by atoms with Gasteiger partial charge in [0.25, 0.3) is 0 Å². The Balaban J connectivity index is 1.26. The second-order valence-corrected chi connectivity index (χ2v) is 9.14. The van der Waals surface area contributed by atoms with Crippen LogP contribution in [0.2, 0.25) is 0 Å². The summed E-state index contributed by atoms with van der Waals surface area (Å²) in [6.45, 7) is 5.30. The number of fused-ring (bicyclic) bond motifs is 1. The number of hydrogen-bond donors (Lipinski definition) is 0. The van der Waals surface area contributed by atoms with Gasteiger partial charge in [0.2, 0.25) is 0 Å². The molecule has 0 N–H and O–H groups in total. The number of benzene rings is 1. The second kappa shape index (κ2) is 7.29. The van der Waals surface area contributed by atoms with Crippen molar-refractivity contribution in [3.63, 3.8) is 0 Å². The molecule has 3 aromatic rings.